The number of aryl methyl sites for hydroxylation is 1. The summed E-state index contributed by atoms with van der Waals surface area (Å²) in [5, 5.41) is 16.3. The Morgan fingerprint density at radius 2 is 1.93 bits per heavy atom. The summed E-state index contributed by atoms with van der Waals surface area (Å²) in [5.74, 6) is -0.347. The molecule has 2 aromatic carbocycles. The zero-order chi connectivity index (χ0) is 18.8. The third-order valence-electron chi connectivity index (χ3n) is 3.94. The highest BCUT2D eigenvalue weighted by Crippen LogP contribution is 2.20. The van der Waals surface area contributed by atoms with Gasteiger partial charge in [-0.2, -0.15) is 15.0 Å². The summed E-state index contributed by atoms with van der Waals surface area (Å²) in [6, 6.07) is 16.3. The molecule has 0 bridgehead atoms. The van der Waals surface area contributed by atoms with E-state index in [2.05, 4.69) is 20.6 Å². The molecule has 2 aromatic heterocycles. The standard InChI is InChI=1S/C19H15ClN6O/c1-13-18(24-26(23-13)15-7-4-6-14(20)12-15)19(27)22-16-8-2-3-9-17(16)25-11-5-10-21-25/h2-12H,1H3,(H,22,27). The molecule has 0 aliphatic carbocycles. The maximum absolute atomic E-state index is 12.8. The SMILES string of the molecule is Cc1nn(-c2cccc(Cl)c2)nc1C(=O)Nc1ccccc1-n1cccn1. The average Bonchev–Trinajstić information content (AvgIpc) is 3.32. The highest BCUT2D eigenvalue weighted by molar-refractivity contribution is 6.30. The van der Waals surface area contributed by atoms with Crippen LogP contribution in [0.2, 0.25) is 5.02 Å². The van der Waals surface area contributed by atoms with Crippen molar-refractivity contribution >= 4 is 23.2 Å². The lowest BCUT2D eigenvalue weighted by Crippen LogP contribution is -2.16. The molecule has 0 fully saturated rings. The average molecular weight is 379 g/mol. The topological polar surface area (TPSA) is 77.6 Å². The lowest BCUT2D eigenvalue weighted by molar-refractivity contribution is 0.102. The quantitative estimate of drug-likeness (QED) is 0.587. The number of rotatable bonds is 4. The molecular formula is C19H15ClN6O. The van der Waals surface area contributed by atoms with Crippen molar-refractivity contribution in [3.8, 4) is 11.4 Å². The van der Waals surface area contributed by atoms with Gasteiger partial charge in [-0.3, -0.25) is 4.79 Å². The fourth-order valence-electron chi connectivity index (χ4n) is 2.68. The molecular weight excluding hydrogens is 364 g/mol. The minimum Gasteiger partial charge on any atom is -0.319 e. The molecule has 0 aliphatic heterocycles. The molecule has 4 rings (SSSR count). The van der Waals surface area contributed by atoms with Crippen molar-refractivity contribution < 1.29 is 4.79 Å². The maximum atomic E-state index is 12.8. The van der Waals surface area contributed by atoms with Gasteiger partial charge in [-0.25, -0.2) is 4.68 Å². The van der Waals surface area contributed by atoms with Crippen molar-refractivity contribution in [3.05, 3.63) is 83.4 Å². The number of aromatic nitrogens is 5. The second-order valence-electron chi connectivity index (χ2n) is 5.83. The molecule has 0 radical (unpaired) electrons. The highest BCUT2D eigenvalue weighted by Gasteiger charge is 2.18. The third-order valence-corrected chi connectivity index (χ3v) is 4.17. The van der Waals surface area contributed by atoms with E-state index in [1.54, 1.807) is 36.0 Å². The first-order valence-electron chi connectivity index (χ1n) is 8.22. The van der Waals surface area contributed by atoms with Gasteiger partial charge in [0.15, 0.2) is 5.69 Å². The van der Waals surface area contributed by atoms with E-state index < -0.39 is 0 Å². The molecule has 0 atom stereocenters. The van der Waals surface area contributed by atoms with E-state index in [0.29, 0.717) is 22.1 Å². The number of halogens is 1. The van der Waals surface area contributed by atoms with Crippen molar-refractivity contribution in [2.24, 2.45) is 0 Å². The van der Waals surface area contributed by atoms with Gasteiger partial charge in [0.2, 0.25) is 0 Å². The van der Waals surface area contributed by atoms with Crippen molar-refractivity contribution in [1.82, 2.24) is 24.8 Å². The second-order valence-corrected chi connectivity index (χ2v) is 6.26. The monoisotopic (exact) mass is 378 g/mol. The molecule has 0 saturated heterocycles. The normalized spacial score (nSPS) is 10.7. The predicted octanol–water partition coefficient (Wildman–Crippen LogP) is 3.67. The summed E-state index contributed by atoms with van der Waals surface area (Å²) in [5.41, 5.74) is 2.83. The third kappa shape index (κ3) is 3.45. The van der Waals surface area contributed by atoms with Crippen LogP contribution < -0.4 is 5.32 Å². The van der Waals surface area contributed by atoms with Crippen molar-refractivity contribution in [2.45, 2.75) is 6.92 Å². The summed E-state index contributed by atoms with van der Waals surface area (Å²) in [7, 11) is 0. The van der Waals surface area contributed by atoms with Gasteiger partial charge < -0.3 is 5.32 Å². The summed E-state index contributed by atoms with van der Waals surface area (Å²) in [6.45, 7) is 1.74. The van der Waals surface area contributed by atoms with Gasteiger partial charge in [0, 0.05) is 17.4 Å². The number of amides is 1. The molecule has 0 unspecified atom stereocenters. The van der Waals surface area contributed by atoms with Crippen LogP contribution in [0.15, 0.2) is 67.0 Å². The molecule has 4 aromatic rings. The number of anilines is 1. The van der Waals surface area contributed by atoms with Crippen LogP contribution in [0.25, 0.3) is 11.4 Å². The summed E-state index contributed by atoms with van der Waals surface area (Å²) in [6.07, 6.45) is 3.49. The Labute approximate surface area is 160 Å². The fraction of sp³-hybridized carbons (Fsp3) is 0.0526. The molecule has 1 amide bonds. The Hall–Kier alpha value is -3.45. The van der Waals surface area contributed by atoms with Crippen LogP contribution in [-0.2, 0) is 0 Å². The van der Waals surface area contributed by atoms with Gasteiger partial charge in [0.05, 0.1) is 22.8 Å². The number of carbonyl (C=O) groups is 1. The van der Waals surface area contributed by atoms with Crippen LogP contribution in [0.1, 0.15) is 16.2 Å². The number of hydrogen-bond donors (Lipinski definition) is 1. The van der Waals surface area contributed by atoms with E-state index in [4.69, 9.17) is 11.6 Å². The first-order valence-corrected chi connectivity index (χ1v) is 8.60. The molecule has 0 spiro atoms. The molecule has 8 heteroatoms. The van der Waals surface area contributed by atoms with Gasteiger partial charge in [0.1, 0.15) is 0 Å². The molecule has 2 heterocycles. The summed E-state index contributed by atoms with van der Waals surface area (Å²) in [4.78, 5) is 14.2. The minimum atomic E-state index is -0.347. The van der Waals surface area contributed by atoms with Crippen LogP contribution in [0.4, 0.5) is 5.69 Å². The first-order chi connectivity index (χ1) is 13.1. The largest absolute Gasteiger partial charge is 0.319 e. The van der Waals surface area contributed by atoms with Crippen molar-refractivity contribution in [1.29, 1.82) is 0 Å². The second kappa shape index (κ2) is 7.05. The predicted molar refractivity (Wildman–Crippen MR) is 103 cm³/mol. The van der Waals surface area contributed by atoms with Gasteiger partial charge >= 0.3 is 0 Å². The van der Waals surface area contributed by atoms with Crippen LogP contribution in [0.5, 0.6) is 0 Å². The Bertz CT molecular complexity index is 1100. The summed E-state index contributed by atoms with van der Waals surface area (Å²) >= 11 is 6.02. The number of nitrogens with zero attached hydrogens (tertiary/aromatic N) is 5. The zero-order valence-electron chi connectivity index (χ0n) is 14.4. The Kier molecular flexibility index (Phi) is 4.43. The minimum absolute atomic E-state index is 0.241. The van der Waals surface area contributed by atoms with E-state index in [-0.39, 0.29) is 11.6 Å². The van der Waals surface area contributed by atoms with Gasteiger partial charge in [-0.05, 0) is 43.3 Å². The zero-order valence-corrected chi connectivity index (χ0v) is 15.1. The van der Waals surface area contributed by atoms with Crippen LogP contribution in [0, 0.1) is 6.92 Å². The number of benzene rings is 2. The van der Waals surface area contributed by atoms with Crippen molar-refractivity contribution in [2.75, 3.05) is 5.32 Å². The number of nitrogens with one attached hydrogen (secondary N) is 1. The van der Waals surface area contributed by atoms with Gasteiger partial charge in [-0.1, -0.05) is 29.8 Å². The summed E-state index contributed by atoms with van der Waals surface area (Å²) < 4.78 is 1.69. The van der Waals surface area contributed by atoms with E-state index in [1.807, 2.05) is 42.6 Å². The van der Waals surface area contributed by atoms with E-state index in [1.165, 1.54) is 4.80 Å². The Morgan fingerprint density at radius 3 is 2.70 bits per heavy atom. The number of carbonyl (C=O) groups excluding carboxylic acids is 1. The maximum Gasteiger partial charge on any atom is 0.278 e. The van der Waals surface area contributed by atoms with Crippen LogP contribution in [0.3, 0.4) is 0 Å². The van der Waals surface area contributed by atoms with Crippen LogP contribution in [-0.4, -0.2) is 30.7 Å². The molecule has 7 nitrogen and oxygen atoms in total. The van der Waals surface area contributed by atoms with Gasteiger partial charge in [0.25, 0.3) is 5.91 Å². The molecule has 134 valence electrons. The van der Waals surface area contributed by atoms with Crippen LogP contribution >= 0.6 is 11.6 Å². The lowest BCUT2D eigenvalue weighted by atomic mass is 10.2. The fourth-order valence-corrected chi connectivity index (χ4v) is 2.86. The molecule has 0 aliphatic rings. The van der Waals surface area contributed by atoms with E-state index in [9.17, 15) is 4.79 Å². The van der Waals surface area contributed by atoms with Crippen molar-refractivity contribution in [3.63, 3.8) is 0 Å². The smallest absolute Gasteiger partial charge is 0.278 e. The number of hydrogen-bond acceptors (Lipinski definition) is 4. The Morgan fingerprint density at radius 1 is 1.07 bits per heavy atom. The highest BCUT2D eigenvalue weighted by atomic mass is 35.5. The molecule has 27 heavy (non-hydrogen) atoms. The Balaban J connectivity index is 1.64. The van der Waals surface area contributed by atoms with E-state index >= 15 is 0 Å². The molecule has 1 N–H and O–H groups in total. The van der Waals surface area contributed by atoms with E-state index in [0.717, 1.165) is 5.69 Å². The van der Waals surface area contributed by atoms with Gasteiger partial charge in [-0.15, -0.1) is 5.10 Å². The first kappa shape index (κ1) is 17.0. The molecule has 0 saturated carbocycles. The number of para-hydroxylation sites is 2. The lowest BCUT2D eigenvalue weighted by Gasteiger charge is -2.10.